The van der Waals surface area contributed by atoms with Crippen LogP contribution in [0.15, 0.2) is 71.3 Å². The van der Waals surface area contributed by atoms with Gasteiger partial charge in [-0.15, -0.1) is 0 Å². The number of pyridine rings is 1. The Morgan fingerprint density at radius 1 is 0.688 bits per heavy atom. The van der Waals surface area contributed by atoms with Crippen molar-refractivity contribution in [3.05, 3.63) is 89.1 Å². The van der Waals surface area contributed by atoms with Crippen LogP contribution in [-0.2, 0) is 19.9 Å². The van der Waals surface area contributed by atoms with E-state index < -0.39 is 0 Å². The third kappa shape index (κ3) is 2.82. The van der Waals surface area contributed by atoms with Crippen LogP contribution in [-0.4, -0.2) is 0 Å². The van der Waals surface area contributed by atoms with E-state index in [0.717, 1.165) is 17.6 Å². The van der Waals surface area contributed by atoms with Gasteiger partial charge in [0.25, 0.3) is 0 Å². The van der Waals surface area contributed by atoms with Crippen molar-refractivity contribution >= 4 is 21.9 Å². The Hall–Kier alpha value is -3.39. The average Bonchev–Trinajstić information content (AvgIpc) is 3.19. The lowest BCUT2D eigenvalue weighted by atomic mass is 9.83. The first kappa shape index (κ1) is 19.3. The van der Waals surface area contributed by atoms with Crippen molar-refractivity contribution < 1.29 is 8.98 Å². The van der Waals surface area contributed by atoms with Gasteiger partial charge in [0.2, 0.25) is 5.69 Å². The Kier molecular flexibility index (Phi) is 4.43. The van der Waals surface area contributed by atoms with E-state index in [1.807, 2.05) is 0 Å². The van der Waals surface area contributed by atoms with Crippen LogP contribution in [0.4, 0.5) is 0 Å². The predicted octanol–water partition coefficient (Wildman–Crippen LogP) is 7.24. The van der Waals surface area contributed by atoms with Crippen molar-refractivity contribution in [3.63, 3.8) is 0 Å². The van der Waals surface area contributed by atoms with Gasteiger partial charge in [-0.25, -0.2) is 4.57 Å². The molecule has 0 bridgehead atoms. The fraction of sp³-hybridized carbons (Fsp3) is 0.233. The molecule has 0 spiro atoms. The van der Waals surface area contributed by atoms with E-state index >= 15 is 0 Å². The summed E-state index contributed by atoms with van der Waals surface area (Å²) in [6, 6.07) is 22.0. The zero-order valence-corrected chi connectivity index (χ0v) is 19.0. The second kappa shape index (κ2) is 7.34. The molecule has 0 saturated heterocycles. The summed E-state index contributed by atoms with van der Waals surface area (Å²) in [5.74, 6) is 0. The highest BCUT2D eigenvalue weighted by atomic mass is 16.3. The Balaban J connectivity index is 1.67. The molecule has 3 aromatic carbocycles. The Morgan fingerprint density at radius 3 is 2.31 bits per heavy atom. The van der Waals surface area contributed by atoms with Gasteiger partial charge >= 0.3 is 0 Å². The lowest BCUT2D eigenvalue weighted by molar-refractivity contribution is -0.660. The first-order valence-electron chi connectivity index (χ1n) is 11.6. The van der Waals surface area contributed by atoms with Gasteiger partial charge in [-0.3, -0.25) is 0 Å². The molecule has 2 heteroatoms. The van der Waals surface area contributed by atoms with Crippen molar-refractivity contribution in [2.75, 3.05) is 0 Å². The van der Waals surface area contributed by atoms with E-state index in [-0.39, 0.29) is 0 Å². The highest BCUT2D eigenvalue weighted by Gasteiger charge is 2.23. The number of rotatable bonds is 2. The van der Waals surface area contributed by atoms with Crippen LogP contribution >= 0.6 is 0 Å². The number of fused-ring (bicyclic) bond motifs is 4. The number of para-hydroxylation sites is 1. The quantitative estimate of drug-likeness (QED) is 0.276. The highest BCUT2D eigenvalue weighted by molar-refractivity contribution is 6.13. The summed E-state index contributed by atoms with van der Waals surface area (Å²) < 4.78 is 8.94. The second-order valence-electron chi connectivity index (χ2n) is 9.21. The minimum atomic E-state index is 0.982. The van der Waals surface area contributed by atoms with E-state index in [2.05, 4.69) is 92.3 Å². The van der Waals surface area contributed by atoms with Crippen LogP contribution in [0, 0.1) is 13.8 Å². The molecule has 5 aromatic rings. The molecule has 0 atom stereocenters. The van der Waals surface area contributed by atoms with Crippen LogP contribution in [0.5, 0.6) is 0 Å². The summed E-state index contributed by atoms with van der Waals surface area (Å²) in [7, 11) is 2.10. The van der Waals surface area contributed by atoms with Gasteiger partial charge in [-0.05, 0) is 73.4 Å². The molecule has 1 aliphatic rings. The molecule has 0 saturated carbocycles. The van der Waals surface area contributed by atoms with E-state index in [4.69, 9.17) is 4.42 Å². The van der Waals surface area contributed by atoms with E-state index in [1.165, 1.54) is 69.1 Å². The molecular formula is C30H28NO+. The molecular weight excluding hydrogens is 390 g/mol. The van der Waals surface area contributed by atoms with Crippen LogP contribution in [0.1, 0.15) is 35.1 Å². The fourth-order valence-corrected chi connectivity index (χ4v) is 5.57. The zero-order chi connectivity index (χ0) is 21.8. The third-order valence-electron chi connectivity index (χ3n) is 7.25. The number of aryl methyl sites for hydroxylation is 3. The molecule has 2 aromatic heterocycles. The Bertz CT molecular complexity index is 1510. The molecule has 32 heavy (non-hydrogen) atoms. The number of hydrogen-bond donors (Lipinski definition) is 0. The number of furan rings is 1. The summed E-state index contributed by atoms with van der Waals surface area (Å²) in [6.45, 7) is 4.43. The van der Waals surface area contributed by atoms with Crippen molar-refractivity contribution in [3.8, 4) is 22.4 Å². The number of benzene rings is 3. The molecule has 0 N–H and O–H groups in total. The average molecular weight is 419 g/mol. The first-order valence-corrected chi connectivity index (χ1v) is 11.6. The Labute approximate surface area is 189 Å². The molecule has 0 amide bonds. The maximum atomic E-state index is 6.77. The number of aromatic nitrogens is 1. The van der Waals surface area contributed by atoms with E-state index in [9.17, 15) is 0 Å². The molecule has 2 nitrogen and oxygen atoms in total. The van der Waals surface area contributed by atoms with Crippen LogP contribution in [0.3, 0.4) is 0 Å². The van der Waals surface area contributed by atoms with Crippen molar-refractivity contribution in [1.82, 2.24) is 0 Å². The predicted molar refractivity (Wildman–Crippen MR) is 132 cm³/mol. The molecule has 1 aliphatic carbocycles. The normalized spacial score (nSPS) is 13.6. The summed E-state index contributed by atoms with van der Waals surface area (Å²) in [5, 5.41) is 2.38. The minimum absolute atomic E-state index is 0.982. The maximum absolute atomic E-state index is 6.77. The minimum Gasteiger partial charge on any atom is -0.454 e. The monoisotopic (exact) mass is 418 g/mol. The van der Waals surface area contributed by atoms with Gasteiger partial charge in [-0.1, -0.05) is 42.5 Å². The van der Waals surface area contributed by atoms with E-state index in [1.54, 1.807) is 5.56 Å². The van der Waals surface area contributed by atoms with Crippen LogP contribution in [0.25, 0.3) is 44.3 Å². The first-order chi connectivity index (χ1) is 15.6. The smallest absolute Gasteiger partial charge is 0.216 e. The number of nitrogens with zero attached hydrogens (tertiary/aromatic N) is 1. The van der Waals surface area contributed by atoms with Gasteiger partial charge in [-0.2, -0.15) is 0 Å². The standard InChI is InChI=1S/C30H28NO/c1-19-14-16-23(22-10-5-4-9-21(19)22)24-11-8-12-25-26-17-15-20(2)28(30(26)32-29(24)25)27-13-6-7-18-31(27)3/h6-8,11-18H,4-5,9-10H2,1-3H3/q+1. The van der Waals surface area contributed by atoms with Gasteiger partial charge in [0.1, 0.15) is 18.2 Å². The van der Waals surface area contributed by atoms with Crippen molar-refractivity contribution in [2.45, 2.75) is 39.5 Å². The molecule has 0 radical (unpaired) electrons. The molecule has 6 rings (SSSR count). The second-order valence-corrected chi connectivity index (χ2v) is 9.21. The molecule has 0 fully saturated rings. The van der Waals surface area contributed by atoms with Crippen LogP contribution in [0.2, 0.25) is 0 Å². The molecule has 0 unspecified atom stereocenters. The number of hydrogen-bond acceptors (Lipinski definition) is 1. The SMILES string of the molecule is Cc1ccc(-c2cccc3c2oc2c(-c4cccc[n+]4C)c(C)ccc23)c2c1CCCC2. The van der Waals surface area contributed by atoms with E-state index in [0.29, 0.717) is 0 Å². The fourth-order valence-electron chi connectivity index (χ4n) is 5.57. The molecule has 2 heterocycles. The van der Waals surface area contributed by atoms with Crippen molar-refractivity contribution in [2.24, 2.45) is 7.05 Å². The summed E-state index contributed by atoms with van der Waals surface area (Å²) in [5.41, 5.74) is 12.6. The largest absolute Gasteiger partial charge is 0.454 e. The lowest BCUT2D eigenvalue weighted by Gasteiger charge is -2.21. The third-order valence-corrected chi connectivity index (χ3v) is 7.25. The zero-order valence-electron chi connectivity index (χ0n) is 19.0. The van der Waals surface area contributed by atoms with Gasteiger partial charge in [0.05, 0.1) is 5.56 Å². The maximum Gasteiger partial charge on any atom is 0.216 e. The van der Waals surface area contributed by atoms with Gasteiger partial charge in [0.15, 0.2) is 6.20 Å². The molecule has 158 valence electrons. The lowest BCUT2D eigenvalue weighted by Crippen LogP contribution is -2.30. The molecule has 0 aliphatic heterocycles. The topological polar surface area (TPSA) is 17.0 Å². The Morgan fingerprint density at radius 2 is 1.47 bits per heavy atom. The van der Waals surface area contributed by atoms with Gasteiger partial charge < -0.3 is 4.42 Å². The van der Waals surface area contributed by atoms with Crippen molar-refractivity contribution in [1.29, 1.82) is 0 Å². The van der Waals surface area contributed by atoms with Gasteiger partial charge in [0, 0.05) is 28.5 Å². The summed E-state index contributed by atoms with van der Waals surface area (Å²) >= 11 is 0. The highest BCUT2D eigenvalue weighted by Crippen LogP contribution is 2.42. The summed E-state index contributed by atoms with van der Waals surface area (Å²) in [6.07, 6.45) is 7.02. The summed E-state index contributed by atoms with van der Waals surface area (Å²) in [4.78, 5) is 0. The van der Waals surface area contributed by atoms with Crippen LogP contribution < -0.4 is 4.57 Å².